The fraction of sp³-hybridized carbons (Fsp3) is 0.167. The number of carboxylic acids is 1. The molecule has 0 aliphatic rings. The highest BCUT2D eigenvalue weighted by molar-refractivity contribution is 5.87. The molecule has 0 aliphatic heterocycles. The molecule has 0 saturated heterocycles. The minimum atomic E-state index is -1.25. The van der Waals surface area contributed by atoms with E-state index >= 15 is 0 Å². The second-order valence-corrected chi connectivity index (χ2v) is 3.78. The van der Waals surface area contributed by atoms with Gasteiger partial charge in [0.15, 0.2) is 17.3 Å². The van der Waals surface area contributed by atoms with Gasteiger partial charge in [-0.05, 0) is 18.2 Å². The van der Waals surface area contributed by atoms with Gasteiger partial charge in [0.05, 0.1) is 18.4 Å². The maximum Gasteiger partial charge on any atom is 0.356 e. The zero-order chi connectivity index (χ0) is 14.2. The molecule has 2 rings (SSSR count). The number of carboxylic acid groups (broad SMARTS) is 1. The van der Waals surface area contributed by atoms with Crippen molar-refractivity contribution >= 4 is 5.97 Å². The second-order valence-electron chi connectivity index (χ2n) is 3.78. The summed E-state index contributed by atoms with van der Waals surface area (Å²) in [6.07, 6.45) is 0. The van der Waals surface area contributed by atoms with Crippen molar-refractivity contribution in [2.75, 3.05) is 7.11 Å². The van der Waals surface area contributed by atoms with Crippen LogP contribution >= 0.6 is 0 Å². The highest BCUT2D eigenvalue weighted by Gasteiger charge is 2.21. The molecule has 0 unspecified atom stereocenters. The highest BCUT2D eigenvalue weighted by atomic mass is 19.1. The number of carbonyl (C=O) groups is 1. The van der Waals surface area contributed by atoms with Crippen molar-refractivity contribution in [2.24, 2.45) is 7.05 Å². The standard InChI is InChI=1S/C12H10F2N2O3/c1-16-9(5-8(15-16)12(17)18)10-6(13)3-4-7(14)11(10)19-2/h3-5H,1-2H3,(H,17,18). The lowest BCUT2D eigenvalue weighted by Crippen LogP contribution is -2.01. The van der Waals surface area contributed by atoms with Crippen LogP contribution in [0.1, 0.15) is 10.5 Å². The maximum absolute atomic E-state index is 13.9. The monoisotopic (exact) mass is 268 g/mol. The molecule has 1 aromatic heterocycles. The molecule has 1 aromatic carbocycles. The minimum Gasteiger partial charge on any atom is -0.493 e. The first-order valence-electron chi connectivity index (χ1n) is 5.25. The van der Waals surface area contributed by atoms with E-state index in [0.717, 1.165) is 22.9 Å². The summed E-state index contributed by atoms with van der Waals surface area (Å²) in [5.74, 6) is -3.01. The molecule has 2 aromatic rings. The van der Waals surface area contributed by atoms with Crippen molar-refractivity contribution in [3.8, 4) is 17.0 Å². The number of hydrogen-bond donors (Lipinski definition) is 1. The van der Waals surface area contributed by atoms with Crippen LogP contribution in [0.15, 0.2) is 18.2 Å². The van der Waals surface area contributed by atoms with E-state index < -0.39 is 17.6 Å². The second kappa shape index (κ2) is 4.68. The van der Waals surface area contributed by atoms with E-state index in [9.17, 15) is 13.6 Å². The van der Waals surface area contributed by atoms with Gasteiger partial charge in [-0.2, -0.15) is 5.10 Å². The van der Waals surface area contributed by atoms with Crippen LogP contribution in [0.2, 0.25) is 0 Å². The summed E-state index contributed by atoms with van der Waals surface area (Å²) in [7, 11) is 2.64. The molecular formula is C12H10F2N2O3. The molecule has 19 heavy (non-hydrogen) atoms. The third-order valence-corrected chi connectivity index (χ3v) is 2.62. The smallest absolute Gasteiger partial charge is 0.356 e. The number of aryl methyl sites for hydroxylation is 1. The number of rotatable bonds is 3. The molecule has 5 nitrogen and oxygen atoms in total. The Morgan fingerprint density at radius 1 is 1.37 bits per heavy atom. The van der Waals surface area contributed by atoms with E-state index in [1.807, 2.05) is 0 Å². The number of hydrogen-bond acceptors (Lipinski definition) is 3. The van der Waals surface area contributed by atoms with Gasteiger partial charge in [0, 0.05) is 7.05 Å². The third-order valence-electron chi connectivity index (χ3n) is 2.62. The molecule has 1 N–H and O–H groups in total. The SMILES string of the molecule is COc1c(F)ccc(F)c1-c1cc(C(=O)O)nn1C. The number of halogens is 2. The molecular weight excluding hydrogens is 258 g/mol. The zero-order valence-electron chi connectivity index (χ0n) is 10.1. The van der Waals surface area contributed by atoms with Crippen molar-refractivity contribution in [1.29, 1.82) is 0 Å². The summed E-state index contributed by atoms with van der Waals surface area (Å²) in [5.41, 5.74) is -0.306. The molecule has 0 amide bonds. The number of benzene rings is 1. The van der Waals surface area contributed by atoms with Gasteiger partial charge < -0.3 is 9.84 Å². The zero-order valence-corrected chi connectivity index (χ0v) is 10.1. The molecule has 0 fully saturated rings. The number of ether oxygens (including phenoxy) is 1. The third kappa shape index (κ3) is 2.14. The maximum atomic E-state index is 13.9. The van der Waals surface area contributed by atoms with Gasteiger partial charge in [-0.1, -0.05) is 0 Å². The predicted molar refractivity (Wildman–Crippen MR) is 62.1 cm³/mol. The molecule has 0 radical (unpaired) electrons. The first-order valence-corrected chi connectivity index (χ1v) is 5.25. The van der Waals surface area contributed by atoms with Gasteiger partial charge >= 0.3 is 5.97 Å². The molecule has 1 heterocycles. The lowest BCUT2D eigenvalue weighted by atomic mass is 10.1. The Labute approximate surface area is 107 Å². The average Bonchev–Trinajstić information content (AvgIpc) is 2.74. The van der Waals surface area contributed by atoms with Crippen molar-refractivity contribution in [1.82, 2.24) is 9.78 Å². The van der Waals surface area contributed by atoms with Crippen LogP contribution in [0.25, 0.3) is 11.3 Å². The molecule has 100 valence electrons. The summed E-state index contributed by atoms with van der Waals surface area (Å²) in [6, 6.07) is 3.04. The van der Waals surface area contributed by atoms with E-state index in [-0.39, 0.29) is 22.7 Å². The van der Waals surface area contributed by atoms with Crippen LogP contribution in [-0.4, -0.2) is 28.0 Å². The molecule has 0 saturated carbocycles. The van der Waals surface area contributed by atoms with Gasteiger partial charge in [-0.3, -0.25) is 4.68 Å². The van der Waals surface area contributed by atoms with Gasteiger partial charge in [-0.25, -0.2) is 13.6 Å². The quantitative estimate of drug-likeness (QED) is 0.925. The number of nitrogens with zero attached hydrogens (tertiary/aromatic N) is 2. The lowest BCUT2D eigenvalue weighted by molar-refractivity contribution is 0.0689. The first kappa shape index (κ1) is 13.0. The Kier molecular flexibility index (Phi) is 3.20. The van der Waals surface area contributed by atoms with Crippen molar-refractivity contribution < 1.29 is 23.4 Å². The molecule has 0 atom stereocenters. The van der Waals surface area contributed by atoms with Crippen LogP contribution in [0, 0.1) is 11.6 Å². The summed E-state index contributed by atoms with van der Waals surface area (Å²) in [5, 5.41) is 12.6. The molecule has 0 spiro atoms. The predicted octanol–water partition coefficient (Wildman–Crippen LogP) is 2.07. The molecule has 0 aliphatic carbocycles. The van der Waals surface area contributed by atoms with E-state index in [4.69, 9.17) is 9.84 Å². The van der Waals surface area contributed by atoms with E-state index in [1.165, 1.54) is 14.2 Å². The van der Waals surface area contributed by atoms with E-state index in [1.54, 1.807) is 0 Å². The first-order chi connectivity index (χ1) is 8.95. The molecule has 0 bridgehead atoms. The Balaban J connectivity index is 2.71. The average molecular weight is 268 g/mol. The van der Waals surface area contributed by atoms with Crippen molar-refractivity contribution in [3.05, 3.63) is 35.5 Å². The minimum absolute atomic E-state index is 0.117. The van der Waals surface area contributed by atoms with Gasteiger partial charge in [0.1, 0.15) is 5.82 Å². The Hall–Kier alpha value is -2.44. The van der Waals surface area contributed by atoms with Crippen LogP contribution in [0.5, 0.6) is 5.75 Å². The number of methoxy groups -OCH3 is 1. The highest BCUT2D eigenvalue weighted by Crippen LogP contribution is 2.34. The normalized spacial score (nSPS) is 10.5. The Morgan fingerprint density at radius 3 is 2.53 bits per heavy atom. The van der Waals surface area contributed by atoms with Gasteiger partial charge in [0.25, 0.3) is 0 Å². The van der Waals surface area contributed by atoms with E-state index in [0.29, 0.717) is 0 Å². The van der Waals surface area contributed by atoms with Gasteiger partial charge in [-0.15, -0.1) is 0 Å². The van der Waals surface area contributed by atoms with Crippen LogP contribution in [-0.2, 0) is 7.05 Å². The summed E-state index contributed by atoms with van der Waals surface area (Å²) < 4.78 is 33.4. The summed E-state index contributed by atoms with van der Waals surface area (Å²) in [6.45, 7) is 0. The van der Waals surface area contributed by atoms with Crippen molar-refractivity contribution in [3.63, 3.8) is 0 Å². The summed E-state index contributed by atoms with van der Waals surface area (Å²) >= 11 is 0. The van der Waals surface area contributed by atoms with Crippen molar-refractivity contribution in [2.45, 2.75) is 0 Å². The Morgan fingerprint density at radius 2 is 2.00 bits per heavy atom. The van der Waals surface area contributed by atoms with E-state index in [2.05, 4.69) is 5.10 Å². The van der Waals surface area contributed by atoms with Crippen LogP contribution in [0.3, 0.4) is 0 Å². The number of aromatic carboxylic acids is 1. The fourth-order valence-corrected chi connectivity index (χ4v) is 1.78. The fourth-order valence-electron chi connectivity index (χ4n) is 1.78. The van der Waals surface area contributed by atoms with Crippen LogP contribution in [0.4, 0.5) is 8.78 Å². The Bertz CT molecular complexity index is 653. The topological polar surface area (TPSA) is 64.3 Å². The summed E-state index contributed by atoms with van der Waals surface area (Å²) in [4.78, 5) is 10.8. The van der Waals surface area contributed by atoms with Gasteiger partial charge in [0.2, 0.25) is 0 Å². The number of aromatic nitrogens is 2. The molecule has 7 heteroatoms. The van der Waals surface area contributed by atoms with Crippen LogP contribution < -0.4 is 4.74 Å². The largest absolute Gasteiger partial charge is 0.493 e. The lowest BCUT2D eigenvalue weighted by Gasteiger charge is -2.10.